The zero-order valence-corrected chi connectivity index (χ0v) is 8.81. The maximum Gasteiger partial charge on any atom is 0.267 e. The van der Waals surface area contributed by atoms with Crippen LogP contribution in [0, 0.1) is 0 Å². The summed E-state index contributed by atoms with van der Waals surface area (Å²) in [5.74, 6) is -0.471. The van der Waals surface area contributed by atoms with E-state index in [0.29, 0.717) is 11.7 Å². The van der Waals surface area contributed by atoms with Gasteiger partial charge < -0.3 is 5.73 Å². The topological polar surface area (TPSA) is 59.2 Å². The average molecular weight is 205 g/mol. The molecule has 1 atom stereocenters. The molecule has 2 N–H and O–H groups in total. The number of hydrogen-bond donors (Lipinski definition) is 1. The van der Waals surface area contributed by atoms with Crippen LogP contribution in [-0.4, -0.2) is 29.4 Å². The van der Waals surface area contributed by atoms with Crippen molar-refractivity contribution in [1.29, 1.82) is 0 Å². The molecule has 0 radical (unpaired) electrons. The molecule has 1 fully saturated rings. The Labute approximate surface area is 89.1 Å². The minimum atomic E-state index is -0.471. The molecular weight excluding hydrogens is 190 g/mol. The van der Waals surface area contributed by atoms with E-state index in [1.54, 1.807) is 12.3 Å². The van der Waals surface area contributed by atoms with Crippen LogP contribution < -0.4 is 5.73 Å². The van der Waals surface area contributed by atoms with Gasteiger partial charge in [-0.15, -0.1) is 0 Å². The van der Waals surface area contributed by atoms with Crippen LogP contribution in [0.3, 0.4) is 0 Å². The molecule has 0 unspecified atom stereocenters. The van der Waals surface area contributed by atoms with Gasteiger partial charge in [-0.2, -0.15) is 0 Å². The molecule has 4 heteroatoms. The van der Waals surface area contributed by atoms with Crippen molar-refractivity contribution in [2.24, 2.45) is 5.73 Å². The summed E-state index contributed by atoms with van der Waals surface area (Å²) in [5, 5.41) is 0. The van der Waals surface area contributed by atoms with E-state index < -0.39 is 5.91 Å². The Balaban J connectivity index is 2.19. The Kier molecular flexibility index (Phi) is 2.68. The summed E-state index contributed by atoms with van der Waals surface area (Å²) in [6.45, 7) is 1.13. The maximum absolute atomic E-state index is 10.8. The van der Waals surface area contributed by atoms with Crippen molar-refractivity contribution < 1.29 is 4.79 Å². The number of nitrogens with two attached hydrogens (primary N) is 1. The lowest BCUT2D eigenvalue weighted by Crippen LogP contribution is -2.18. The van der Waals surface area contributed by atoms with Gasteiger partial charge in [-0.3, -0.25) is 14.7 Å². The monoisotopic (exact) mass is 205 g/mol. The molecule has 0 aromatic carbocycles. The SMILES string of the molecule is CN1CCC[C@H]1c1ccc(C(N)=O)nc1. The molecule has 0 aliphatic carbocycles. The number of aromatic nitrogens is 1. The predicted octanol–water partition coefficient (Wildman–Crippen LogP) is 0.947. The quantitative estimate of drug-likeness (QED) is 0.782. The van der Waals surface area contributed by atoms with Gasteiger partial charge in [0, 0.05) is 12.2 Å². The van der Waals surface area contributed by atoms with Gasteiger partial charge in [0.1, 0.15) is 5.69 Å². The lowest BCUT2D eigenvalue weighted by atomic mass is 10.1. The van der Waals surface area contributed by atoms with Crippen molar-refractivity contribution in [2.75, 3.05) is 13.6 Å². The smallest absolute Gasteiger partial charge is 0.267 e. The summed E-state index contributed by atoms with van der Waals surface area (Å²) in [6.07, 6.45) is 4.14. The van der Waals surface area contributed by atoms with E-state index in [1.807, 2.05) is 6.07 Å². The largest absolute Gasteiger partial charge is 0.364 e. The number of rotatable bonds is 2. The maximum atomic E-state index is 10.8. The first-order valence-electron chi connectivity index (χ1n) is 5.14. The van der Waals surface area contributed by atoms with E-state index >= 15 is 0 Å². The number of amides is 1. The van der Waals surface area contributed by atoms with Crippen LogP contribution in [0.2, 0.25) is 0 Å². The lowest BCUT2D eigenvalue weighted by molar-refractivity contribution is 0.0995. The standard InChI is InChI=1S/C11H15N3O/c1-14-6-2-3-10(14)8-4-5-9(11(12)15)13-7-8/h4-5,7,10H,2-3,6H2,1H3,(H2,12,15)/t10-/m0/s1. The molecule has 0 saturated carbocycles. The third kappa shape index (κ3) is 1.99. The van der Waals surface area contributed by atoms with E-state index in [9.17, 15) is 4.79 Å². The van der Waals surface area contributed by atoms with E-state index in [1.165, 1.54) is 12.0 Å². The molecule has 1 amide bonds. The third-order valence-electron chi connectivity index (χ3n) is 2.94. The molecule has 1 aliphatic rings. The molecular formula is C11H15N3O. The van der Waals surface area contributed by atoms with Crippen LogP contribution in [0.15, 0.2) is 18.3 Å². The second-order valence-electron chi connectivity index (χ2n) is 3.98. The van der Waals surface area contributed by atoms with Gasteiger partial charge in [0.05, 0.1) is 0 Å². The summed E-state index contributed by atoms with van der Waals surface area (Å²) in [6, 6.07) is 4.09. The van der Waals surface area contributed by atoms with Crippen molar-refractivity contribution in [3.05, 3.63) is 29.6 Å². The van der Waals surface area contributed by atoms with Gasteiger partial charge >= 0.3 is 0 Å². The number of pyridine rings is 1. The van der Waals surface area contributed by atoms with Crippen LogP contribution >= 0.6 is 0 Å². The van der Waals surface area contributed by atoms with Gasteiger partial charge in [0.2, 0.25) is 0 Å². The van der Waals surface area contributed by atoms with Crippen LogP contribution in [-0.2, 0) is 0 Å². The highest BCUT2D eigenvalue weighted by atomic mass is 16.1. The highest BCUT2D eigenvalue weighted by Gasteiger charge is 2.22. The molecule has 0 spiro atoms. The van der Waals surface area contributed by atoms with Crippen molar-refractivity contribution in [1.82, 2.24) is 9.88 Å². The first kappa shape index (κ1) is 10.1. The zero-order valence-electron chi connectivity index (χ0n) is 8.81. The van der Waals surface area contributed by atoms with Gasteiger partial charge in [0.15, 0.2) is 0 Å². The molecule has 0 bridgehead atoms. The zero-order chi connectivity index (χ0) is 10.8. The van der Waals surface area contributed by atoms with Crippen LogP contribution in [0.25, 0.3) is 0 Å². The number of nitrogens with zero attached hydrogens (tertiary/aromatic N) is 2. The summed E-state index contributed by atoms with van der Waals surface area (Å²) in [7, 11) is 2.11. The lowest BCUT2D eigenvalue weighted by Gasteiger charge is -2.19. The van der Waals surface area contributed by atoms with E-state index in [2.05, 4.69) is 16.9 Å². The van der Waals surface area contributed by atoms with Crippen molar-refractivity contribution >= 4 is 5.91 Å². The molecule has 1 aromatic heterocycles. The molecule has 2 rings (SSSR count). The van der Waals surface area contributed by atoms with Gasteiger partial charge in [0.25, 0.3) is 5.91 Å². The molecule has 1 saturated heterocycles. The third-order valence-corrected chi connectivity index (χ3v) is 2.94. The van der Waals surface area contributed by atoms with Crippen molar-refractivity contribution in [3.63, 3.8) is 0 Å². The summed E-state index contributed by atoms with van der Waals surface area (Å²) < 4.78 is 0. The van der Waals surface area contributed by atoms with E-state index in [0.717, 1.165) is 13.0 Å². The summed E-state index contributed by atoms with van der Waals surface area (Å²) in [4.78, 5) is 17.2. The van der Waals surface area contributed by atoms with E-state index in [4.69, 9.17) is 5.73 Å². The average Bonchev–Trinajstić information content (AvgIpc) is 2.65. The Hall–Kier alpha value is -1.42. The summed E-state index contributed by atoms with van der Waals surface area (Å²) >= 11 is 0. The van der Waals surface area contributed by atoms with Crippen LogP contribution in [0.1, 0.15) is 34.9 Å². The normalized spacial score (nSPS) is 21.8. The number of carbonyl (C=O) groups is 1. The first-order valence-corrected chi connectivity index (χ1v) is 5.14. The number of primary amides is 1. The molecule has 2 heterocycles. The van der Waals surface area contributed by atoms with Gasteiger partial charge in [-0.05, 0) is 38.1 Å². The van der Waals surface area contributed by atoms with Gasteiger partial charge in [-0.1, -0.05) is 6.07 Å². The van der Waals surface area contributed by atoms with Crippen LogP contribution in [0.5, 0.6) is 0 Å². The molecule has 4 nitrogen and oxygen atoms in total. The Morgan fingerprint density at radius 3 is 2.87 bits per heavy atom. The first-order chi connectivity index (χ1) is 7.18. The second kappa shape index (κ2) is 3.98. The number of hydrogen-bond acceptors (Lipinski definition) is 3. The minimum Gasteiger partial charge on any atom is -0.364 e. The Morgan fingerprint density at radius 2 is 2.40 bits per heavy atom. The Bertz CT molecular complexity index is 361. The van der Waals surface area contributed by atoms with Crippen LogP contribution in [0.4, 0.5) is 0 Å². The van der Waals surface area contributed by atoms with Crippen molar-refractivity contribution in [2.45, 2.75) is 18.9 Å². The van der Waals surface area contributed by atoms with Crippen molar-refractivity contribution in [3.8, 4) is 0 Å². The highest BCUT2D eigenvalue weighted by Crippen LogP contribution is 2.29. The summed E-state index contributed by atoms with van der Waals surface area (Å²) in [5.41, 5.74) is 6.63. The highest BCUT2D eigenvalue weighted by molar-refractivity contribution is 5.90. The minimum absolute atomic E-state index is 0.333. The van der Waals surface area contributed by atoms with E-state index in [-0.39, 0.29) is 0 Å². The fraction of sp³-hybridized carbons (Fsp3) is 0.455. The molecule has 80 valence electrons. The second-order valence-corrected chi connectivity index (χ2v) is 3.98. The fourth-order valence-electron chi connectivity index (χ4n) is 2.08. The fourth-order valence-corrected chi connectivity index (χ4v) is 2.08. The molecule has 1 aromatic rings. The predicted molar refractivity (Wildman–Crippen MR) is 57.4 cm³/mol. The number of likely N-dealkylation sites (tertiary alicyclic amines) is 1. The molecule has 15 heavy (non-hydrogen) atoms. The molecule has 1 aliphatic heterocycles. The number of carbonyl (C=O) groups excluding carboxylic acids is 1. The Morgan fingerprint density at radius 1 is 1.60 bits per heavy atom. The van der Waals surface area contributed by atoms with Gasteiger partial charge in [-0.25, -0.2) is 0 Å².